The van der Waals surface area contributed by atoms with Gasteiger partial charge in [-0.05, 0) is 5.92 Å². The first-order valence-corrected chi connectivity index (χ1v) is 7.16. The van der Waals surface area contributed by atoms with E-state index in [1.807, 2.05) is 6.92 Å². The van der Waals surface area contributed by atoms with Gasteiger partial charge in [0, 0.05) is 32.3 Å². The first-order chi connectivity index (χ1) is 10.9. The molecule has 1 atom stereocenters. The van der Waals surface area contributed by atoms with Crippen LogP contribution in [-0.2, 0) is 18.9 Å². The second-order valence-corrected chi connectivity index (χ2v) is 5.57. The molecule has 2 aromatic rings. The number of carbonyl (C=O) groups excluding carboxylic acids is 2. The van der Waals surface area contributed by atoms with Gasteiger partial charge in [0.1, 0.15) is 11.4 Å². The summed E-state index contributed by atoms with van der Waals surface area (Å²) in [6, 6.07) is 0. The Morgan fingerprint density at radius 3 is 2.87 bits per heavy atom. The Kier molecular flexibility index (Phi) is 3.55. The monoisotopic (exact) mass is 318 g/mol. The third kappa shape index (κ3) is 2.54. The fraction of sp³-hybridized carbons (Fsp3) is 0.429. The zero-order valence-electron chi connectivity index (χ0n) is 13.4. The predicted molar refractivity (Wildman–Crippen MR) is 82.6 cm³/mol. The van der Waals surface area contributed by atoms with E-state index in [2.05, 4.69) is 20.8 Å². The van der Waals surface area contributed by atoms with Gasteiger partial charge in [0.15, 0.2) is 5.82 Å². The molecule has 0 radical (unpaired) electrons. The van der Waals surface area contributed by atoms with Crippen molar-refractivity contribution in [2.75, 3.05) is 17.7 Å². The summed E-state index contributed by atoms with van der Waals surface area (Å²) in [5, 5.41) is 13.9. The van der Waals surface area contributed by atoms with E-state index in [0.29, 0.717) is 23.6 Å². The van der Waals surface area contributed by atoms with Crippen molar-refractivity contribution in [1.29, 1.82) is 0 Å². The number of anilines is 2. The molecule has 0 spiro atoms. The number of nitrogens with one attached hydrogen (secondary N) is 2. The van der Waals surface area contributed by atoms with Crippen molar-refractivity contribution in [3.8, 4) is 5.88 Å². The number of methoxy groups -OCH3 is 1. The lowest BCUT2D eigenvalue weighted by atomic mass is 9.95. The standard InChI is InChI=1S/C14H18N6O3/c1-7-5-9(21)15-12-10(7)11(17-20(12)3)16-13(22)8-6-19(2)18-14(8)23-4/h6-7H,5H2,1-4H3,(H,15,21)(H,16,17,22). The maximum atomic E-state index is 12.5. The van der Waals surface area contributed by atoms with Crippen LogP contribution in [-0.4, -0.2) is 38.5 Å². The van der Waals surface area contributed by atoms with Gasteiger partial charge < -0.3 is 15.4 Å². The van der Waals surface area contributed by atoms with Crippen molar-refractivity contribution < 1.29 is 14.3 Å². The minimum Gasteiger partial charge on any atom is -0.479 e. The highest BCUT2D eigenvalue weighted by Crippen LogP contribution is 2.37. The highest BCUT2D eigenvalue weighted by Gasteiger charge is 2.30. The number of nitrogens with zero attached hydrogens (tertiary/aromatic N) is 4. The van der Waals surface area contributed by atoms with Crippen LogP contribution in [0.2, 0.25) is 0 Å². The molecule has 0 bridgehead atoms. The Hall–Kier alpha value is -2.84. The summed E-state index contributed by atoms with van der Waals surface area (Å²) in [6.45, 7) is 1.93. The Labute approximate surface area is 132 Å². The minimum atomic E-state index is -0.361. The molecule has 2 N–H and O–H groups in total. The third-order valence-electron chi connectivity index (χ3n) is 3.79. The van der Waals surface area contributed by atoms with Crippen LogP contribution in [0, 0.1) is 0 Å². The molecule has 2 aromatic heterocycles. The number of hydrogen-bond donors (Lipinski definition) is 2. The average molecular weight is 318 g/mol. The van der Waals surface area contributed by atoms with Gasteiger partial charge in [0.05, 0.1) is 7.11 Å². The van der Waals surface area contributed by atoms with E-state index in [0.717, 1.165) is 5.56 Å². The van der Waals surface area contributed by atoms with Gasteiger partial charge in [0.25, 0.3) is 5.91 Å². The molecule has 1 unspecified atom stereocenters. The zero-order chi connectivity index (χ0) is 16.7. The molecule has 0 saturated heterocycles. The summed E-state index contributed by atoms with van der Waals surface area (Å²) in [5.41, 5.74) is 1.14. The van der Waals surface area contributed by atoms with E-state index in [1.165, 1.54) is 11.8 Å². The fourth-order valence-electron chi connectivity index (χ4n) is 2.76. The summed E-state index contributed by atoms with van der Waals surface area (Å²) < 4.78 is 8.16. The molecule has 9 heteroatoms. The number of fused-ring (bicyclic) bond motifs is 1. The molecule has 1 aliphatic rings. The number of hydrogen-bond acceptors (Lipinski definition) is 5. The second-order valence-electron chi connectivity index (χ2n) is 5.57. The molecule has 0 aliphatic carbocycles. The summed E-state index contributed by atoms with van der Waals surface area (Å²) in [5.74, 6) is 0.850. The van der Waals surface area contributed by atoms with Crippen LogP contribution in [0.15, 0.2) is 6.20 Å². The number of amides is 2. The van der Waals surface area contributed by atoms with Crippen LogP contribution in [0.5, 0.6) is 5.88 Å². The quantitative estimate of drug-likeness (QED) is 0.873. The highest BCUT2D eigenvalue weighted by molar-refractivity contribution is 6.06. The van der Waals surface area contributed by atoms with E-state index < -0.39 is 0 Å². The van der Waals surface area contributed by atoms with Gasteiger partial charge in [-0.25, -0.2) is 0 Å². The molecule has 3 rings (SSSR count). The summed E-state index contributed by atoms with van der Waals surface area (Å²) >= 11 is 0. The molecular formula is C14H18N6O3. The maximum absolute atomic E-state index is 12.5. The molecule has 23 heavy (non-hydrogen) atoms. The predicted octanol–water partition coefficient (Wildman–Crippen LogP) is 0.860. The molecule has 122 valence electrons. The Morgan fingerprint density at radius 2 is 2.17 bits per heavy atom. The van der Waals surface area contributed by atoms with Gasteiger partial charge in [-0.2, -0.15) is 5.10 Å². The largest absolute Gasteiger partial charge is 0.479 e. The Bertz CT molecular complexity index is 791. The lowest BCUT2D eigenvalue weighted by molar-refractivity contribution is -0.116. The minimum absolute atomic E-state index is 0.0291. The number of aryl methyl sites for hydroxylation is 2. The van der Waals surface area contributed by atoms with Crippen molar-refractivity contribution in [2.24, 2.45) is 14.1 Å². The molecule has 0 fully saturated rings. The highest BCUT2D eigenvalue weighted by atomic mass is 16.5. The van der Waals surface area contributed by atoms with Crippen LogP contribution < -0.4 is 15.4 Å². The van der Waals surface area contributed by atoms with Gasteiger partial charge in [-0.3, -0.25) is 19.0 Å². The summed E-state index contributed by atoms with van der Waals surface area (Å²) in [7, 11) is 4.89. The Morgan fingerprint density at radius 1 is 1.43 bits per heavy atom. The number of aromatic nitrogens is 4. The fourth-order valence-corrected chi connectivity index (χ4v) is 2.76. The summed E-state index contributed by atoms with van der Waals surface area (Å²) in [4.78, 5) is 24.2. The van der Waals surface area contributed by atoms with E-state index in [9.17, 15) is 9.59 Å². The zero-order valence-corrected chi connectivity index (χ0v) is 13.4. The van der Waals surface area contributed by atoms with Crippen LogP contribution >= 0.6 is 0 Å². The molecule has 9 nitrogen and oxygen atoms in total. The number of carbonyl (C=O) groups is 2. The van der Waals surface area contributed by atoms with Crippen LogP contribution in [0.4, 0.5) is 11.6 Å². The van der Waals surface area contributed by atoms with E-state index in [4.69, 9.17) is 4.74 Å². The second kappa shape index (κ2) is 5.41. The number of ether oxygens (including phenoxy) is 1. The van der Waals surface area contributed by atoms with E-state index in [-0.39, 0.29) is 23.6 Å². The van der Waals surface area contributed by atoms with Gasteiger partial charge in [-0.15, -0.1) is 5.10 Å². The van der Waals surface area contributed by atoms with E-state index >= 15 is 0 Å². The number of rotatable bonds is 3. The third-order valence-corrected chi connectivity index (χ3v) is 3.79. The smallest absolute Gasteiger partial charge is 0.263 e. The molecule has 2 amide bonds. The van der Waals surface area contributed by atoms with Crippen LogP contribution in [0.1, 0.15) is 35.2 Å². The van der Waals surface area contributed by atoms with Crippen molar-refractivity contribution in [2.45, 2.75) is 19.3 Å². The SMILES string of the molecule is COc1nn(C)cc1C(=O)Nc1nn(C)c2c1C(C)CC(=O)N2. The van der Waals surface area contributed by atoms with Gasteiger partial charge >= 0.3 is 0 Å². The average Bonchev–Trinajstić information content (AvgIpc) is 3.00. The normalized spacial score (nSPS) is 16.7. The van der Waals surface area contributed by atoms with Crippen LogP contribution in [0.3, 0.4) is 0 Å². The molecule has 0 aromatic carbocycles. The first kappa shape index (κ1) is 15.1. The molecule has 1 aliphatic heterocycles. The van der Waals surface area contributed by atoms with Gasteiger partial charge in [-0.1, -0.05) is 6.92 Å². The summed E-state index contributed by atoms with van der Waals surface area (Å²) in [6.07, 6.45) is 1.94. The lowest BCUT2D eigenvalue weighted by Gasteiger charge is -2.20. The Balaban J connectivity index is 1.93. The van der Waals surface area contributed by atoms with Crippen molar-refractivity contribution >= 4 is 23.5 Å². The molecule has 0 saturated carbocycles. The van der Waals surface area contributed by atoms with Crippen molar-refractivity contribution in [3.05, 3.63) is 17.3 Å². The first-order valence-electron chi connectivity index (χ1n) is 7.16. The topological polar surface area (TPSA) is 103 Å². The molecular weight excluding hydrogens is 300 g/mol. The lowest BCUT2D eigenvalue weighted by Crippen LogP contribution is -2.23. The maximum Gasteiger partial charge on any atom is 0.263 e. The van der Waals surface area contributed by atoms with Crippen LogP contribution in [0.25, 0.3) is 0 Å². The van der Waals surface area contributed by atoms with Gasteiger partial charge in [0.2, 0.25) is 11.8 Å². The van der Waals surface area contributed by atoms with Crippen molar-refractivity contribution in [3.63, 3.8) is 0 Å². The molecule has 3 heterocycles. The van der Waals surface area contributed by atoms with E-state index in [1.54, 1.807) is 25.0 Å². The van der Waals surface area contributed by atoms with Crippen molar-refractivity contribution in [1.82, 2.24) is 19.6 Å².